The van der Waals surface area contributed by atoms with E-state index >= 15 is 0 Å². The molecule has 1 N–H and O–H groups in total. The number of thiazole rings is 1. The smallest absolute Gasteiger partial charge is 0.270 e. The van der Waals surface area contributed by atoms with Gasteiger partial charge in [0.25, 0.3) is 11.6 Å². The average Bonchev–Trinajstić information content (AvgIpc) is 2.94. The third-order valence-corrected chi connectivity index (χ3v) is 4.38. The Labute approximate surface area is 146 Å². The molecule has 0 atom stereocenters. The molecule has 11 heteroatoms. The highest BCUT2D eigenvalue weighted by atomic mass is 35.5. The Bertz CT molecular complexity index is 1040. The first-order chi connectivity index (χ1) is 11.8. The number of nitrogens with one attached hydrogen (secondary N) is 1. The van der Waals surface area contributed by atoms with Crippen molar-refractivity contribution in [1.82, 2.24) is 4.98 Å². The molecule has 1 heterocycles. The highest BCUT2D eigenvalue weighted by molar-refractivity contribution is 7.22. The number of hydrogen-bond donors (Lipinski definition) is 1. The molecular formula is C14H5ClF3N3O3S. The minimum Gasteiger partial charge on any atom is -0.298 e. The number of fused-ring (bicyclic) bond motifs is 1. The fraction of sp³-hybridized carbons (Fsp3) is 0. The second-order valence-corrected chi connectivity index (χ2v) is 6.17. The third kappa shape index (κ3) is 3.13. The van der Waals surface area contributed by atoms with Crippen molar-refractivity contribution < 1.29 is 22.9 Å². The number of halogens is 4. The lowest BCUT2D eigenvalue weighted by Gasteiger charge is -2.03. The molecule has 3 rings (SSSR count). The standard InChI is InChI=1S/C14H5ClF3N3O3S/c15-7-3-5(21(23)24)1-2-6(7)13(22)20-14-19-12-9(25-14)4-8(16)10(17)11(12)18/h1-4H,(H,19,20,22). The number of aromatic nitrogens is 1. The average molecular weight is 388 g/mol. The zero-order chi connectivity index (χ0) is 18.3. The zero-order valence-electron chi connectivity index (χ0n) is 11.8. The van der Waals surface area contributed by atoms with Crippen LogP contribution in [0.1, 0.15) is 10.4 Å². The number of nitro groups is 1. The van der Waals surface area contributed by atoms with Crippen LogP contribution in [0.4, 0.5) is 24.0 Å². The van der Waals surface area contributed by atoms with Gasteiger partial charge in [-0.3, -0.25) is 20.2 Å². The molecule has 0 fully saturated rings. The molecule has 0 spiro atoms. The molecule has 2 aromatic carbocycles. The van der Waals surface area contributed by atoms with E-state index in [4.69, 9.17) is 11.6 Å². The molecule has 0 bridgehead atoms. The van der Waals surface area contributed by atoms with Crippen molar-refractivity contribution in [3.8, 4) is 0 Å². The monoisotopic (exact) mass is 387 g/mol. The summed E-state index contributed by atoms with van der Waals surface area (Å²) < 4.78 is 40.1. The van der Waals surface area contributed by atoms with Gasteiger partial charge in [-0.2, -0.15) is 0 Å². The van der Waals surface area contributed by atoms with Crippen LogP contribution in [0.25, 0.3) is 10.2 Å². The maximum absolute atomic E-state index is 13.6. The van der Waals surface area contributed by atoms with E-state index in [2.05, 4.69) is 10.3 Å². The maximum Gasteiger partial charge on any atom is 0.270 e. The topological polar surface area (TPSA) is 85.1 Å². The first-order valence-corrected chi connectivity index (χ1v) is 7.66. The van der Waals surface area contributed by atoms with Crippen molar-refractivity contribution in [2.75, 3.05) is 5.32 Å². The predicted octanol–water partition coefficient (Wildman–Crippen LogP) is 4.53. The number of nitrogens with zero attached hydrogens (tertiary/aromatic N) is 2. The van der Waals surface area contributed by atoms with Gasteiger partial charge in [0.15, 0.2) is 22.6 Å². The van der Waals surface area contributed by atoms with Gasteiger partial charge < -0.3 is 0 Å². The minimum atomic E-state index is -1.66. The van der Waals surface area contributed by atoms with E-state index in [1.165, 1.54) is 0 Å². The van der Waals surface area contributed by atoms with Crippen molar-refractivity contribution in [2.45, 2.75) is 0 Å². The number of benzene rings is 2. The van der Waals surface area contributed by atoms with Crippen LogP contribution in [0.15, 0.2) is 24.3 Å². The van der Waals surface area contributed by atoms with Crippen molar-refractivity contribution in [3.63, 3.8) is 0 Å². The summed E-state index contributed by atoms with van der Waals surface area (Å²) in [5.41, 5.74) is -0.798. The molecule has 0 unspecified atom stereocenters. The number of amides is 1. The van der Waals surface area contributed by atoms with Gasteiger partial charge in [-0.15, -0.1) is 0 Å². The fourth-order valence-corrected chi connectivity index (χ4v) is 3.14. The van der Waals surface area contributed by atoms with Crippen LogP contribution in [0, 0.1) is 27.6 Å². The van der Waals surface area contributed by atoms with Gasteiger partial charge in [0.2, 0.25) is 0 Å². The quantitative estimate of drug-likeness (QED) is 0.406. The summed E-state index contributed by atoms with van der Waals surface area (Å²) in [6, 6.07) is 3.99. The highest BCUT2D eigenvalue weighted by Gasteiger charge is 2.20. The number of non-ortho nitro benzene ring substituents is 1. The second-order valence-electron chi connectivity index (χ2n) is 4.73. The summed E-state index contributed by atoms with van der Waals surface area (Å²) in [4.78, 5) is 25.9. The Balaban J connectivity index is 1.92. The Morgan fingerprint density at radius 1 is 1.24 bits per heavy atom. The number of rotatable bonds is 3. The molecule has 6 nitrogen and oxygen atoms in total. The van der Waals surface area contributed by atoms with Crippen LogP contribution in [0.2, 0.25) is 5.02 Å². The van der Waals surface area contributed by atoms with E-state index in [9.17, 15) is 28.1 Å². The van der Waals surface area contributed by atoms with E-state index < -0.39 is 33.8 Å². The summed E-state index contributed by atoms with van der Waals surface area (Å²) in [6.07, 6.45) is 0. The number of carbonyl (C=O) groups is 1. The molecule has 0 saturated heterocycles. The lowest BCUT2D eigenvalue weighted by molar-refractivity contribution is -0.384. The van der Waals surface area contributed by atoms with E-state index in [0.29, 0.717) is 0 Å². The SMILES string of the molecule is O=C(Nc1nc2c(F)c(F)c(F)cc2s1)c1ccc([N+](=O)[O-])cc1Cl. The lowest BCUT2D eigenvalue weighted by atomic mass is 10.2. The highest BCUT2D eigenvalue weighted by Crippen LogP contribution is 2.31. The molecule has 0 aliphatic carbocycles. The first kappa shape index (κ1) is 17.1. The van der Waals surface area contributed by atoms with E-state index in [0.717, 1.165) is 35.6 Å². The Kier molecular flexibility index (Phi) is 4.31. The molecule has 1 aromatic heterocycles. The molecule has 1 amide bonds. The zero-order valence-corrected chi connectivity index (χ0v) is 13.4. The predicted molar refractivity (Wildman–Crippen MR) is 85.6 cm³/mol. The van der Waals surface area contributed by atoms with Gasteiger partial charge in [0, 0.05) is 12.1 Å². The summed E-state index contributed by atoms with van der Waals surface area (Å²) in [5.74, 6) is -5.25. The summed E-state index contributed by atoms with van der Waals surface area (Å²) in [6.45, 7) is 0. The molecule has 0 aliphatic heterocycles. The van der Waals surface area contributed by atoms with Gasteiger partial charge in [-0.25, -0.2) is 18.2 Å². The first-order valence-electron chi connectivity index (χ1n) is 6.47. The van der Waals surface area contributed by atoms with Crippen LogP contribution in [0.5, 0.6) is 0 Å². The molecule has 25 heavy (non-hydrogen) atoms. The fourth-order valence-electron chi connectivity index (χ4n) is 1.99. The van der Waals surface area contributed by atoms with E-state index in [-0.39, 0.29) is 26.1 Å². The van der Waals surface area contributed by atoms with Crippen LogP contribution < -0.4 is 5.32 Å². The summed E-state index contributed by atoms with van der Waals surface area (Å²) >= 11 is 6.57. The van der Waals surface area contributed by atoms with Crippen LogP contribution >= 0.6 is 22.9 Å². The van der Waals surface area contributed by atoms with Crippen molar-refractivity contribution in [3.05, 3.63) is 62.4 Å². The molecule has 0 aliphatic rings. The molecular weight excluding hydrogens is 383 g/mol. The summed E-state index contributed by atoms with van der Waals surface area (Å²) in [7, 11) is 0. The number of nitro benzene ring substituents is 1. The van der Waals surface area contributed by atoms with Crippen molar-refractivity contribution in [1.29, 1.82) is 0 Å². The van der Waals surface area contributed by atoms with Crippen molar-refractivity contribution in [2.24, 2.45) is 0 Å². The number of carbonyl (C=O) groups excluding carboxylic acids is 1. The minimum absolute atomic E-state index is 0.00139. The van der Waals surface area contributed by atoms with E-state index in [1.807, 2.05) is 0 Å². The van der Waals surface area contributed by atoms with Gasteiger partial charge in [-0.1, -0.05) is 22.9 Å². The van der Waals surface area contributed by atoms with Gasteiger partial charge in [-0.05, 0) is 12.1 Å². The van der Waals surface area contributed by atoms with Crippen LogP contribution in [0.3, 0.4) is 0 Å². The number of anilines is 1. The van der Waals surface area contributed by atoms with Gasteiger partial charge in [0.05, 0.1) is 20.2 Å². The second kappa shape index (κ2) is 6.30. The summed E-state index contributed by atoms with van der Waals surface area (Å²) in [5, 5.41) is 12.7. The third-order valence-electron chi connectivity index (χ3n) is 3.15. The van der Waals surface area contributed by atoms with Crippen LogP contribution in [-0.4, -0.2) is 15.8 Å². The van der Waals surface area contributed by atoms with Gasteiger partial charge in [0.1, 0.15) is 5.52 Å². The normalized spacial score (nSPS) is 10.9. The molecule has 3 aromatic rings. The van der Waals surface area contributed by atoms with Crippen LogP contribution in [-0.2, 0) is 0 Å². The Morgan fingerprint density at radius 2 is 1.96 bits per heavy atom. The largest absolute Gasteiger partial charge is 0.298 e. The maximum atomic E-state index is 13.6. The molecule has 0 radical (unpaired) electrons. The Morgan fingerprint density at radius 3 is 2.60 bits per heavy atom. The molecule has 0 saturated carbocycles. The van der Waals surface area contributed by atoms with Gasteiger partial charge >= 0.3 is 0 Å². The Hall–Kier alpha value is -2.72. The van der Waals surface area contributed by atoms with Crippen molar-refractivity contribution >= 4 is 49.9 Å². The molecule has 128 valence electrons. The lowest BCUT2D eigenvalue weighted by Crippen LogP contribution is -2.12. The van der Waals surface area contributed by atoms with E-state index in [1.54, 1.807) is 0 Å². The number of hydrogen-bond acceptors (Lipinski definition) is 5.